The Hall–Kier alpha value is -2.75. The van der Waals surface area contributed by atoms with Crippen molar-refractivity contribution in [3.8, 4) is 11.8 Å². The first-order chi connectivity index (χ1) is 8.97. The molecule has 0 spiro atoms. The van der Waals surface area contributed by atoms with Gasteiger partial charge in [0.25, 0.3) is 0 Å². The van der Waals surface area contributed by atoms with Crippen LogP contribution < -0.4 is 4.74 Å². The third kappa shape index (κ3) is 3.89. The van der Waals surface area contributed by atoms with Crippen molar-refractivity contribution in [1.82, 2.24) is 0 Å². The Morgan fingerprint density at radius 1 is 1.47 bits per heavy atom. The van der Waals surface area contributed by atoms with Gasteiger partial charge in [-0.2, -0.15) is 14.0 Å². The zero-order valence-electron chi connectivity index (χ0n) is 9.34. The van der Waals surface area contributed by atoms with Gasteiger partial charge in [-0.3, -0.25) is 4.79 Å². The Morgan fingerprint density at radius 2 is 2.16 bits per heavy atom. The second-order valence-corrected chi connectivity index (χ2v) is 3.26. The molecule has 0 unspecified atom stereocenters. The number of carbonyl (C=O) groups excluding carboxylic acids is 1. The maximum Gasteiger partial charge on any atom is 0.387 e. The minimum Gasteiger partial charge on any atom is -0.478 e. The summed E-state index contributed by atoms with van der Waals surface area (Å²) in [6.07, 6.45) is 2.16. The van der Waals surface area contributed by atoms with Gasteiger partial charge in [0, 0.05) is 11.6 Å². The summed E-state index contributed by atoms with van der Waals surface area (Å²) in [5.41, 5.74) is -0.340. The monoisotopic (exact) mass is 267 g/mol. The predicted molar refractivity (Wildman–Crippen MR) is 59.8 cm³/mol. The van der Waals surface area contributed by atoms with Gasteiger partial charge in [-0.15, -0.1) is 0 Å². The standard InChI is InChI=1S/C12H7F2NO4/c13-12(14)19-10-4-7(1-2-11(17)18)3-8(6-16)9(10)5-15/h1-4,6,12H,(H,17,18)/b2-1+. The predicted octanol–water partition coefficient (Wildman–Crippen LogP) is 2.07. The van der Waals surface area contributed by atoms with Crippen molar-refractivity contribution in [2.75, 3.05) is 0 Å². The zero-order valence-corrected chi connectivity index (χ0v) is 9.34. The second kappa shape index (κ2) is 6.26. The van der Waals surface area contributed by atoms with Gasteiger partial charge in [0.15, 0.2) is 6.29 Å². The number of hydrogen-bond acceptors (Lipinski definition) is 4. The van der Waals surface area contributed by atoms with Crippen molar-refractivity contribution < 1.29 is 28.2 Å². The molecule has 1 aromatic carbocycles. The van der Waals surface area contributed by atoms with Gasteiger partial charge in [-0.25, -0.2) is 4.79 Å². The highest BCUT2D eigenvalue weighted by Gasteiger charge is 2.14. The molecule has 0 saturated carbocycles. The van der Waals surface area contributed by atoms with Crippen LogP contribution in [-0.4, -0.2) is 24.0 Å². The average Bonchev–Trinajstić information content (AvgIpc) is 2.34. The van der Waals surface area contributed by atoms with Gasteiger partial charge in [0.2, 0.25) is 0 Å². The van der Waals surface area contributed by atoms with Gasteiger partial charge in [-0.1, -0.05) is 0 Å². The maximum absolute atomic E-state index is 12.2. The number of hydrogen-bond donors (Lipinski definition) is 1. The van der Waals surface area contributed by atoms with Crippen LogP contribution in [0.3, 0.4) is 0 Å². The molecule has 1 rings (SSSR count). The lowest BCUT2D eigenvalue weighted by Gasteiger charge is -2.09. The molecule has 0 atom stereocenters. The highest BCUT2D eigenvalue weighted by Crippen LogP contribution is 2.25. The molecule has 0 amide bonds. The Balaban J connectivity index is 3.34. The van der Waals surface area contributed by atoms with Crippen molar-refractivity contribution in [1.29, 1.82) is 5.26 Å². The number of benzene rings is 1. The molecule has 0 aliphatic carbocycles. The molecule has 0 aromatic heterocycles. The van der Waals surface area contributed by atoms with E-state index in [1.165, 1.54) is 6.07 Å². The summed E-state index contributed by atoms with van der Waals surface area (Å²) in [5, 5.41) is 17.3. The van der Waals surface area contributed by atoms with Crippen LogP contribution in [0.2, 0.25) is 0 Å². The topological polar surface area (TPSA) is 87.4 Å². The highest BCUT2D eigenvalue weighted by molar-refractivity contribution is 5.87. The van der Waals surface area contributed by atoms with E-state index < -0.39 is 18.3 Å². The van der Waals surface area contributed by atoms with Crippen molar-refractivity contribution in [3.05, 3.63) is 34.9 Å². The number of aldehydes is 1. The van der Waals surface area contributed by atoms with Gasteiger partial charge >= 0.3 is 12.6 Å². The summed E-state index contributed by atoms with van der Waals surface area (Å²) >= 11 is 0. The molecule has 1 aromatic rings. The van der Waals surface area contributed by atoms with Crippen LogP contribution in [0.1, 0.15) is 21.5 Å². The number of carboxylic acids is 1. The van der Waals surface area contributed by atoms with E-state index in [9.17, 15) is 18.4 Å². The molecule has 0 radical (unpaired) electrons. The molecule has 0 aliphatic heterocycles. The first-order valence-electron chi connectivity index (χ1n) is 4.87. The number of aliphatic carboxylic acids is 1. The molecule has 0 fully saturated rings. The largest absolute Gasteiger partial charge is 0.478 e. The third-order valence-electron chi connectivity index (χ3n) is 2.03. The van der Waals surface area contributed by atoms with Gasteiger partial charge in [0.1, 0.15) is 17.4 Å². The average molecular weight is 267 g/mol. The van der Waals surface area contributed by atoms with Crippen LogP contribution in [0, 0.1) is 11.3 Å². The van der Waals surface area contributed by atoms with E-state index in [0.29, 0.717) is 6.29 Å². The fourth-order valence-corrected chi connectivity index (χ4v) is 1.32. The molecular formula is C12H7F2NO4. The SMILES string of the molecule is N#Cc1c(C=O)cc(/C=C/C(=O)O)cc1OC(F)F. The van der Waals surface area contributed by atoms with E-state index in [0.717, 1.165) is 18.2 Å². The first kappa shape index (κ1) is 14.3. The number of ether oxygens (including phenoxy) is 1. The van der Waals surface area contributed by atoms with Gasteiger partial charge in [0.05, 0.1) is 0 Å². The molecule has 98 valence electrons. The molecule has 19 heavy (non-hydrogen) atoms. The van der Waals surface area contributed by atoms with Crippen LogP contribution in [0.25, 0.3) is 6.08 Å². The van der Waals surface area contributed by atoms with E-state index in [4.69, 9.17) is 10.4 Å². The molecular weight excluding hydrogens is 260 g/mol. The summed E-state index contributed by atoms with van der Waals surface area (Å²) in [4.78, 5) is 21.1. The quantitative estimate of drug-likeness (QED) is 0.651. The molecule has 7 heteroatoms. The minimum atomic E-state index is -3.16. The molecule has 0 saturated heterocycles. The number of halogens is 2. The van der Waals surface area contributed by atoms with E-state index in [2.05, 4.69) is 4.74 Å². The first-order valence-corrected chi connectivity index (χ1v) is 4.87. The molecule has 0 aliphatic rings. The minimum absolute atomic E-state index is 0.152. The Labute approximate surface area is 106 Å². The van der Waals surface area contributed by atoms with E-state index in [1.807, 2.05) is 0 Å². The lowest BCUT2D eigenvalue weighted by Crippen LogP contribution is -2.05. The number of rotatable bonds is 5. The smallest absolute Gasteiger partial charge is 0.387 e. The second-order valence-electron chi connectivity index (χ2n) is 3.26. The van der Waals surface area contributed by atoms with Crippen LogP contribution in [0.4, 0.5) is 8.78 Å². The number of nitrogens with zero attached hydrogens (tertiary/aromatic N) is 1. The Kier molecular flexibility index (Phi) is 4.71. The molecule has 0 heterocycles. The fraction of sp³-hybridized carbons (Fsp3) is 0.0833. The Morgan fingerprint density at radius 3 is 2.63 bits per heavy atom. The van der Waals surface area contributed by atoms with Crippen molar-refractivity contribution in [2.45, 2.75) is 6.61 Å². The van der Waals surface area contributed by atoms with Gasteiger partial charge < -0.3 is 9.84 Å². The number of nitriles is 1. The maximum atomic E-state index is 12.2. The summed E-state index contributed by atoms with van der Waals surface area (Å²) in [5.74, 6) is -1.72. The summed E-state index contributed by atoms with van der Waals surface area (Å²) < 4.78 is 28.5. The molecule has 5 nitrogen and oxygen atoms in total. The van der Waals surface area contributed by atoms with Crippen molar-refractivity contribution in [3.63, 3.8) is 0 Å². The lowest BCUT2D eigenvalue weighted by atomic mass is 10.0. The number of carboxylic acid groups (broad SMARTS) is 1. The van der Waals surface area contributed by atoms with E-state index in [-0.39, 0.29) is 16.7 Å². The van der Waals surface area contributed by atoms with Crippen LogP contribution in [0.5, 0.6) is 5.75 Å². The summed E-state index contributed by atoms with van der Waals surface area (Å²) in [6.45, 7) is -3.16. The third-order valence-corrected chi connectivity index (χ3v) is 2.03. The van der Waals surface area contributed by atoms with E-state index >= 15 is 0 Å². The van der Waals surface area contributed by atoms with Crippen LogP contribution >= 0.6 is 0 Å². The molecule has 1 N–H and O–H groups in total. The van der Waals surface area contributed by atoms with Crippen LogP contribution in [0.15, 0.2) is 18.2 Å². The number of carbonyl (C=O) groups is 2. The Bertz CT molecular complexity index is 576. The fourth-order valence-electron chi connectivity index (χ4n) is 1.32. The zero-order chi connectivity index (χ0) is 14.4. The summed E-state index contributed by atoms with van der Waals surface area (Å²) in [6, 6.07) is 3.83. The highest BCUT2D eigenvalue weighted by atomic mass is 19.3. The van der Waals surface area contributed by atoms with Crippen LogP contribution in [-0.2, 0) is 4.79 Å². The van der Waals surface area contributed by atoms with E-state index in [1.54, 1.807) is 6.07 Å². The number of alkyl halides is 2. The summed E-state index contributed by atoms with van der Waals surface area (Å²) in [7, 11) is 0. The molecule has 0 bridgehead atoms. The normalized spacial score (nSPS) is 10.4. The van der Waals surface area contributed by atoms with Gasteiger partial charge in [-0.05, 0) is 23.8 Å². The lowest BCUT2D eigenvalue weighted by molar-refractivity contribution is -0.131. The van der Waals surface area contributed by atoms with Crippen molar-refractivity contribution >= 4 is 18.3 Å². The van der Waals surface area contributed by atoms with Crippen molar-refractivity contribution in [2.24, 2.45) is 0 Å².